The Morgan fingerprint density at radius 2 is 1.38 bits per heavy atom. The topological polar surface area (TPSA) is 0 Å². The van der Waals surface area contributed by atoms with Crippen LogP contribution in [-0.2, 0) is 0 Å². The van der Waals surface area contributed by atoms with Crippen molar-refractivity contribution in [2.24, 2.45) is 0 Å². The summed E-state index contributed by atoms with van der Waals surface area (Å²) in [5.74, 6) is 0. The van der Waals surface area contributed by atoms with Crippen LogP contribution in [0.1, 0.15) is 59.3 Å². The van der Waals surface area contributed by atoms with Crippen molar-refractivity contribution >= 4 is 8.07 Å². The maximum absolute atomic E-state index is 3.72. The molecule has 0 nitrogen and oxygen atoms in total. The molecule has 0 rings (SSSR count). The molecule has 0 aliphatic rings. The molecule has 0 aliphatic heterocycles. The maximum Gasteiger partial charge on any atom is 0.0819 e. The summed E-state index contributed by atoms with van der Waals surface area (Å²) in [5.41, 5.74) is 5.29. The van der Waals surface area contributed by atoms with Crippen LogP contribution in [0.4, 0.5) is 0 Å². The van der Waals surface area contributed by atoms with Crippen LogP contribution in [-0.4, -0.2) is 8.07 Å². The van der Waals surface area contributed by atoms with Gasteiger partial charge in [-0.1, -0.05) is 46.3 Å². The first-order chi connectivity index (χ1) is 7.41. The Morgan fingerprint density at radius 3 is 1.69 bits per heavy atom. The first-order valence-corrected chi connectivity index (χ1v) is 10.4. The average molecular weight is 238 g/mol. The van der Waals surface area contributed by atoms with Crippen molar-refractivity contribution in [3.8, 4) is 0 Å². The Labute approximate surface area is 104 Å². The summed E-state index contributed by atoms with van der Waals surface area (Å²) in [7, 11) is -1.12. The van der Waals surface area contributed by atoms with Gasteiger partial charge in [-0.2, -0.15) is 0 Å². The Balaban J connectivity index is 4.76. The molecule has 0 fully saturated rings. The van der Waals surface area contributed by atoms with Crippen LogP contribution in [0, 0.1) is 0 Å². The molecule has 0 radical (unpaired) electrons. The van der Waals surface area contributed by atoms with Gasteiger partial charge in [-0.05, 0) is 43.4 Å². The van der Waals surface area contributed by atoms with Gasteiger partial charge in [0.05, 0.1) is 8.07 Å². The van der Waals surface area contributed by atoms with Crippen molar-refractivity contribution in [3.63, 3.8) is 0 Å². The van der Waals surface area contributed by atoms with E-state index in [4.69, 9.17) is 0 Å². The van der Waals surface area contributed by atoms with Crippen LogP contribution < -0.4 is 0 Å². The Hall–Kier alpha value is -0.263. The quantitative estimate of drug-likeness (QED) is 0.393. The molecule has 0 bridgehead atoms. The predicted molar refractivity (Wildman–Crippen MR) is 78.6 cm³/mol. The van der Waals surface area contributed by atoms with Crippen LogP contribution in [0.15, 0.2) is 16.5 Å². The number of rotatable bonds is 7. The van der Waals surface area contributed by atoms with E-state index in [1.54, 1.807) is 5.57 Å². The van der Waals surface area contributed by atoms with Crippen molar-refractivity contribution in [3.05, 3.63) is 16.5 Å². The third-order valence-electron chi connectivity index (χ3n) is 3.15. The summed E-state index contributed by atoms with van der Waals surface area (Å²) in [5, 5.41) is 1.54. The number of allylic oxidation sites excluding steroid dienone is 1. The highest BCUT2D eigenvalue weighted by Crippen LogP contribution is 2.18. The van der Waals surface area contributed by atoms with Gasteiger partial charge in [0, 0.05) is 0 Å². The lowest BCUT2D eigenvalue weighted by Crippen LogP contribution is -2.21. The van der Waals surface area contributed by atoms with Crippen LogP contribution in [0.5, 0.6) is 0 Å². The second-order valence-corrected chi connectivity index (χ2v) is 11.1. The molecule has 0 N–H and O–H groups in total. The first kappa shape index (κ1) is 15.7. The van der Waals surface area contributed by atoms with Crippen molar-refractivity contribution in [1.82, 2.24) is 0 Å². The molecule has 0 aromatic heterocycles. The van der Waals surface area contributed by atoms with E-state index >= 15 is 0 Å². The minimum Gasteiger partial charge on any atom is -0.127 e. The molecule has 0 aliphatic carbocycles. The van der Waals surface area contributed by atoms with Gasteiger partial charge in [-0.15, -0.1) is 5.73 Å². The van der Waals surface area contributed by atoms with Crippen molar-refractivity contribution in [2.45, 2.75) is 78.9 Å². The van der Waals surface area contributed by atoms with E-state index in [1.165, 1.54) is 43.7 Å². The Morgan fingerprint density at radius 1 is 0.938 bits per heavy atom. The predicted octanol–water partition coefficient (Wildman–Crippen LogP) is 5.72. The molecule has 0 amide bonds. The Kier molecular flexibility index (Phi) is 7.79. The van der Waals surface area contributed by atoms with E-state index in [0.717, 1.165) is 0 Å². The lowest BCUT2D eigenvalue weighted by Gasteiger charge is -2.15. The highest BCUT2D eigenvalue weighted by molar-refractivity contribution is 6.82. The third-order valence-corrected chi connectivity index (χ3v) is 5.53. The zero-order chi connectivity index (χ0) is 12.6. The lowest BCUT2D eigenvalue weighted by atomic mass is 10.0. The molecule has 0 heterocycles. The second kappa shape index (κ2) is 7.92. The number of hydrogen-bond donors (Lipinski definition) is 0. The van der Waals surface area contributed by atoms with Crippen molar-refractivity contribution in [2.75, 3.05) is 0 Å². The molecule has 16 heavy (non-hydrogen) atoms. The summed E-state index contributed by atoms with van der Waals surface area (Å²) >= 11 is 0. The summed E-state index contributed by atoms with van der Waals surface area (Å²) < 4.78 is 0. The minimum atomic E-state index is -1.12. The molecule has 0 saturated carbocycles. The van der Waals surface area contributed by atoms with Gasteiger partial charge in [-0.25, -0.2) is 0 Å². The van der Waals surface area contributed by atoms with Gasteiger partial charge in [0.2, 0.25) is 0 Å². The first-order valence-electron chi connectivity index (χ1n) is 6.87. The van der Waals surface area contributed by atoms with Crippen molar-refractivity contribution in [1.29, 1.82) is 0 Å². The zero-order valence-corrected chi connectivity index (χ0v) is 13.2. The van der Waals surface area contributed by atoms with E-state index in [2.05, 4.69) is 46.1 Å². The maximum atomic E-state index is 3.72. The standard InChI is InChI=1S/C15H30Si/c1-7-9-11-15(12-10-8-2)13-14(3)16(4,5)6/h7-12H2,1-6H3. The minimum absolute atomic E-state index is 1.12. The summed E-state index contributed by atoms with van der Waals surface area (Å²) in [6, 6.07) is 0. The fourth-order valence-corrected chi connectivity index (χ4v) is 2.03. The largest absolute Gasteiger partial charge is 0.127 e. The summed E-state index contributed by atoms with van der Waals surface area (Å²) in [4.78, 5) is 0. The molecule has 0 unspecified atom stereocenters. The Bertz CT molecular complexity index is 239. The monoisotopic (exact) mass is 238 g/mol. The molecule has 1 heteroatoms. The van der Waals surface area contributed by atoms with Crippen LogP contribution in [0.3, 0.4) is 0 Å². The molecule has 0 aromatic rings. The smallest absolute Gasteiger partial charge is 0.0819 e. The molecule has 0 aromatic carbocycles. The fraction of sp³-hybridized carbons (Fsp3) is 0.800. The second-order valence-electron chi connectivity index (χ2n) is 5.81. The van der Waals surface area contributed by atoms with Gasteiger partial charge in [-0.3, -0.25) is 0 Å². The highest BCUT2D eigenvalue weighted by atomic mass is 28.3. The van der Waals surface area contributed by atoms with Crippen LogP contribution >= 0.6 is 0 Å². The molecule has 0 spiro atoms. The van der Waals surface area contributed by atoms with Crippen LogP contribution in [0.2, 0.25) is 19.6 Å². The van der Waals surface area contributed by atoms with Gasteiger partial charge < -0.3 is 0 Å². The van der Waals surface area contributed by atoms with Gasteiger partial charge in [0.25, 0.3) is 0 Å². The number of unbranched alkanes of at least 4 members (excludes halogenated alkanes) is 2. The molecule has 94 valence electrons. The normalized spacial score (nSPS) is 11.1. The lowest BCUT2D eigenvalue weighted by molar-refractivity contribution is 0.714. The van der Waals surface area contributed by atoms with Crippen molar-refractivity contribution < 1.29 is 0 Å². The van der Waals surface area contributed by atoms with E-state index in [-0.39, 0.29) is 0 Å². The summed E-state index contributed by atoms with van der Waals surface area (Å²) in [6.45, 7) is 14.1. The SMILES string of the molecule is CCCCC(=C=C(C)[Si](C)(C)C)CCCC. The zero-order valence-electron chi connectivity index (χ0n) is 12.2. The highest BCUT2D eigenvalue weighted by Gasteiger charge is 2.15. The van der Waals surface area contributed by atoms with Crippen LogP contribution in [0.25, 0.3) is 0 Å². The van der Waals surface area contributed by atoms with E-state index < -0.39 is 8.07 Å². The average Bonchev–Trinajstić information content (AvgIpc) is 2.20. The fourth-order valence-electron chi connectivity index (χ4n) is 1.48. The van der Waals surface area contributed by atoms with E-state index in [1.807, 2.05) is 0 Å². The van der Waals surface area contributed by atoms with Gasteiger partial charge in [0.1, 0.15) is 0 Å². The van der Waals surface area contributed by atoms with Gasteiger partial charge in [0.15, 0.2) is 0 Å². The molecule has 0 saturated heterocycles. The third kappa shape index (κ3) is 7.08. The van der Waals surface area contributed by atoms with Gasteiger partial charge >= 0.3 is 0 Å². The summed E-state index contributed by atoms with van der Waals surface area (Å²) in [6.07, 6.45) is 7.76. The van der Waals surface area contributed by atoms with E-state index in [9.17, 15) is 0 Å². The molecular formula is C15H30Si. The van der Waals surface area contributed by atoms with E-state index in [0.29, 0.717) is 0 Å². The molecular weight excluding hydrogens is 208 g/mol. The number of hydrogen-bond acceptors (Lipinski definition) is 0. The molecule has 0 atom stereocenters.